The Bertz CT molecular complexity index is 718. The monoisotopic (exact) mass is 510 g/mol. The van der Waals surface area contributed by atoms with Gasteiger partial charge < -0.3 is 15.0 Å². The van der Waals surface area contributed by atoms with Crippen molar-refractivity contribution in [1.82, 2.24) is 15.2 Å². The van der Waals surface area contributed by atoms with Crippen LogP contribution in [0.5, 0.6) is 5.75 Å². The summed E-state index contributed by atoms with van der Waals surface area (Å²) < 4.78 is 28.8. The predicted octanol–water partition coefficient (Wildman–Crippen LogP) is 4.58. The van der Waals surface area contributed by atoms with Gasteiger partial charge >= 0.3 is 6.61 Å². The summed E-state index contributed by atoms with van der Waals surface area (Å²) >= 11 is 1.66. The smallest absolute Gasteiger partial charge is 0.387 e. The fourth-order valence-electron chi connectivity index (χ4n) is 2.34. The summed E-state index contributed by atoms with van der Waals surface area (Å²) in [6.45, 7) is 5.12. The highest BCUT2D eigenvalue weighted by atomic mass is 127. The molecule has 27 heavy (non-hydrogen) atoms. The first-order valence-corrected chi connectivity index (χ1v) is 9.16. The Kier molecular flexibility index (Phi) is 9.92. The van der Waals surface area contributed by atoms with Crippen LogP contribution in [-0.2, 0) is 13.1 Å². The predicted molar refractivity (Wildman–Crippen MR) is 116 cm³/mol. The third kappa shape index (κ3) is 7.57. The number of halogens is 3. The van der Waals surface area contributed by atoms with Gasteiger partial charge in [-0.3, -0.25) is 0 Å². The van der Waals surface area contributed by atoms with Crippen LogP contribution in [0.15, 0.2) is 29.3 Å². The lowest BCUT2D eigenvalue weighted by molar-refractivity contribution is -0.0498. The van der Waals surface area contributed by atoms with E-state index in [1.807, 2.05) is 25.8 Å². The standard InChI is InChI=1S/C18H24F2N4OS.HI/c1-5-21-18(22-10-16-23-12(2)13(3)26-16)24(4)11-14-6-8-15(9-7-14)25-17(19)20;/h6-9,17H,5,10-11H2,1-4H3,(H,21,22);1H. The van der Waals surface area contributed by atoms with E-state index in [9.17, 15) is 8.78 Å². The van der Waals surface area contributed by atoms with E-state index in [0.717, 1.165) is 28.8 Å². The van der Waals surface area contributed by atoms with Crippen molar-refractivity contribution in [3.8, 4) is 5.75 Å². The summed E-state index contributed by atoms with van der Waals surface area (Å²) in [6, 6.07) is 6.62. The Morgan fingerprint density at radius 1 is 1.30 bits per heavy atom. The SMILES string of the molecule is CCNC(=NCc1nc(C)c(C)s1)N(C)Cc1ccc(OC(F)F)cc1.I. The normalized spacial score (nSPS) is 11.3. The van der Waals surface area contributed by atoms with Crippen molar-refractivity contribution in [2.45, 2.75) is 40.5 Å². The molecule has 0 spiro atoms. The number of nitrogens with zero attached hydrogens (tertiary/aromatic N) is 3. The molecule has 1 heterocycles. The molecule has 0 aliphatic rings. The molecule has 0 unspecified atom stereocenters. The van der Waals surface area contributed by atoms with Crippen molar-refractivity contribution in [2.24, 2.45) is 4.99 Å². The van der Waals surface area contributed by atoms with Crippen molar-refractivity contribution in [2.75, 3.05) is 13.6 Å². The zero-order valence-electron chi connectivity index (χ0n) is 15.8. The van der Waals surface area contributed by atoms with Crippen LogP contribution in [0.25, 0.3) is 0 Å². The number of benzene rings is 1. The van der Waals surface area contributed by atoms with Crippen LogP contribution in [0.2, 0.25) is 0 Å². The maximum absolute atomic E-state index is 12.2. The zero-order valence-corrected chi connectivity index (χ0v) is 19.0. The fraction of sp³-hybridized carbons (Fsp3) is 0.444. The minimum absolute atomic E-state index is 0. The summed E-state index contributed by atoms with van der Waals surface area (Å²) in [7, 11) is 1.93. The second-order valence-corrected chi connectivity index (χ2v) is 7.09. The van der Waals surface area contributed by atoms with E-state index < -0.39 is 6.61 Å². The molecular weight excluding hydrogens is 485 g/mol. The lowest BCUT2D eigenvalue weighted by Gasteiger charge is -2.22. The molecule has 0 bridgehead atoms. The Labute approximate surface area is 179 Å². The molecule has 1 aromatic carbocycles. The summed E-state index contributed by atoms with van der Waals surface area (Å²) in [6.07, 6.45) is 0. The minimum Gasteiger partial charge on any atom is -0.435 e. The first-order chi connectivity index (χ1) is 12.4. The molecule has 2 rings (SSSR count). The number of hydrogen-bond acceptors (Lipinski definition) is 4. The number of guanidine groups is 1. The molecule has 2 aromatic rings. The summed E-state index contributed by atoms with van der Waals surface area (Å²) in [5, 5.41) is 4.24. The van der Waals surface area contributed by atoms with Gasteiger partial charge in [0.05, 0.1) is 12.2 Å². The van der Waals surface area contributed by atoms with E-state index in [2.05, 4.69) is 27.0 Å². The van der Waals surface area contributed by atoms with E-state index in [0.29, 0.717) is 13.1 Å². The Morgan fingerprint density at radius 2 is 1.96 bits per heavy atom. The maximum atomic E-state index is 12.2. The van der Waals surface area contributed by atoms with Crippen molar-refractivity contribution in [1.29, 1.82) is 0 Å². The van der Waals surface area contributed by atoms with E-state index in [-0.39, 0.29) is 29.7 Å². The van der Waals surface area contributed by atoms with Gasteiger partial charge in [0.15, 0.2) is 5.96 Å². The highest BCUT2D eigenvalue weighted by Crippen LogP contribution is 2.18. The van der Waals surface area contributed by atoms with Crippen molar-refractivity contribution >= 4 is 41.3 Å². The number of nitrogens with one attached hydrogen (secondary N) is 1. The molecule has 1 aromatic heterocycles. The molecule has 0 saturated heterocycles. The summed E-state index contributed by atoms with van der Waals surface area (Å²) in [4.78, 5) is 12.3. The molecule has 0 radical (unpaired) electrons. The Hall–Kier alpha value is -1.49. The number of aryl methyl sites for hydroxylation is 2. The van der Waals surface area contributed by atoms with Gasteiger partial charge in [-0.25, -0.2) is 9.98 Å². The molecule has 9 heteroatoms. The van der Waals surface area contributed by atoms with Crippen LogP contribution >= 0.6 is 35.3 Å². The van der Waals surface area contributed by atoms with Crippen LogP contribution in [0, 0.1) is 13.8 Å². The second kappa shape index (κ2) is 11.4. The van der Waals surface area contributed by atoms with Crippen LogP contribution < -0.4 is 10.1 Å². The van der Waals surface area contributed by atoms with Gasteiger partial charge in [0.1, 0.15) is 10.8 Å². The van der Waals surface area contributed by atoms with Gasteiger partial charge in [0, 0.05) is 25.0 Å². The average Bonchev–Trinajstić information content (AvgIpc) is 2.91. The molecule has 0 saturated carbocycles. The third-order valence-corrected chi connectivity index (χ3v) is 4.76. The zero-order chi connectivity index (χ0) is 19.1. The highest BCUT2D eigenvalue weighted by molar-refractivity contribution is 14.0. The van der Waals surface area contributed by atoms with E-state index >= 15 is 0 Å². The molecule has 0 fully saturated rings. The lowest BCUT2D eigenvalue weighted by Crippen LogP contribution is -2.38. The largest absolute Gasteiger partial charge is 0.435 e. The van der Waals surface area contributed by atoms with Crippen LogP contribution in [0.1, 0.15) is 28.1 Å². The number of rotatable bonds is 7. The van der Waals surface area contributed by atoms with Crippen LogP contribution in [0.4, 0.5) is 8.78 Å². The van der Waals surface area contributed by atoms with Crippen molar-refractivity contribution in [3.63, 3.8) is 0 Å². The number of ether oxygens (including phenoxy) is 1. The van der Waals surface area contributed by atoms with E-state index in [1.54, 1.807) is 35.6 Å². The minimum atomic E-state index is -2.81. The number of alkyl halides is 2. The second-order valence-electron chi connectivity index (χ2n) is 5.80. The molecule has 5 nitrogen and oxygen atoms in total. The molecule has 150 valence electrons. The quantitative estimate of drug-likeness (QED) is 0.337. The van der Waals surface area contributed by atoms with Gasteiger partial charge in [0.25, 0.3) is 0 Å². The van der Waals surface area contributed by atoms with Gasteiger partial charge in [-0.15, -0.1) is 35.3 Å². The van der Waals surface area contributed by atoms with Gasteiger partial charge in [-0.05, 0) is 38.5 Å². The van der Waals surface area contributed by atoms with E-state index in [4.69, 9.17) is 0 Å². The first-order valence-electron chi connectivity index (χ1n) is 8.35. The van der Waals surface area contributed by atoms with Crippen LogP contribution in [-0.4, -0.2) is 36.0 Å². The van der Waals surface area contributed by atoms with Gasteiger partial charge in [-0.2, -0.15) is 8.78 Å². The van der Waals surface area contributed by atoms with Crippen molar-refractivity contribution < 1.29 is 13.5 Å². The number of aromatic nitrogens is 1. The number of thiazole rings is 1. The summed E-state index contributed by atoms with van der Waals surface area (Å²) in [5.41, 5.74) is 2.02. The molecule has 0 aliphatic carbocycles. The molecule has 0 aliphatic heterocycles. The number of hydrogen-bond donors (Lipinski definition) is 1. The maximum Gasteiger partial charge on any atom is 0.387 e. The van der Waals surface area contributed by atoms with Crippen molar-refractivity contribution in [3.05, 3.63) is 45.4 Å². The molecule has 0 amide bonds. The fourth-order valence-corrected chi connectivity index (χ4v) is 3.20. The van der Waals surface area contributed by atoms with Gasteiger partial charge in [-0.1, -0.05) is 12.1 Å². The number of aliphatic imine (C=N–C) groups is 1. The summed E-state index contributed by atoms with van der Waals surface area (Å²) in [5.74, 6) is 0.924. The molecular formula is C18H25F2IN4OS. The Balaban J connectivity index is 0.00000364. The van der Waals surface area contributed by atoms with Gasteiger partial charge in [0.2, 0.25) is 0 Å². The first kappa shape index (κ1) is 23.5. The highest BCUT2D eigenvalue weighted by Gasteiger charge is 2.09. The topological polar surface area (TPSA) is 49.8 Å². The lowest BCUT2D eigenvalue weighted by atomic mass is 10.2. The third-order valence-electron chi connectivity index (χ3n) is 3.70. The molecule has 0 atom stereocenters. The average molecular weight is 510 g/mol. The molecule has 1 N–H and O–H groups in total. The Morgan fingerprint density at radius 3 is 2.48 bits per heavy atom. The van der Waals surface area contributed by atoms with Crippen LogP contribution in [0.3, 0.4) is 0 Å². The van der Waals surface area contributed by atoms with E-state index in [1.165, 1.54) is 4.88 Å².